The van der Waals surface area contributed by atoms with Crippen LogP contribution >= 0.6 is 0 Å². The van der Waals surface area contributed by atoms with Crippen molar-refractivity contribution in [2.45, 2.75) is 19.6 Å². The summed E-state index contributed by atoms with van der Waals surface area (Å²) in [5.74, 6) is -1.21. The normalized spacial score (nSPS) is 12.9. The molecule has 0 spiro atoms. The molecule has 0 heterocycles. The molecule has 1 aromatic rings. The van der Waals surface area contributed by atoms with Crippen LogP contribution in [0.25, 0.3) is 0 Å². The summed E-state index contributed by atoms with van der Waals surface area (Å²) < 4.78 is 31.4. The molecular formula is C10H13F2NO. The van der Waals surface area contributed by atoms with Crippen LogP contribution in [0.5, 0.6) is 0 Å². The highest BCUT2D eigenvalue weighted by atomic mass is 19.1. The second-order valence-electron chi connectivity index (χ2n) is 3.15. The van der Waals surface area contributed by atoms with Gasteiger partial charge in [-0.3, -0.25) is 0 Å². The highest BCUT2D eigenvalue weighted by Gasteiger charge is 2.15. The Morgan fingerprint density at radius 1 is 1.43 bits per heavy atom. The number of ether oxygens (including phenoxy) is 1. The molecule has 0 saturated heterocycles. The first kappa shape index (κ1) is 11.1. The fourth-order valence-electron chi connectivity index (χ4n) is 1.24. The Morgan fingerprint density at radius 2 is 2.07 bits per heavy atom. The van der Waals surface area contributed by atoms with Crippen molar-refractivity contribution < 1.29 is 13.5 Å². The second kappa shape index (κ2) is 4.48. The van der Waals surface area contributed by atoms with E-state index in [1.807, 2.05) is 0 Å². The van der Waals surface area contributed by atoms with Crippen molar-refractivity contribution >= 4 is 0 Å². The number of nitrogens with two attached hydrogens (primary N) is 1. The molecule has 1 rings (SSSR count). The maximum atomic E-state index is 13.6. The maximum Gasteiger partial charge on any atom is 0.136 e. The minimum atomic E-state index is -0.609. The molecule has 2 nitrogen and oxygen atoms in total. The average Bonchev–Trinajstić information content (AvgIpc) is 2.11. The van der Waals surface area contributed by atoms with Gasteiger partial charge in [0.25, 0.3) is 0 Å². The van der Waals surface area contributed by atoms with E-state index in [2.05, 4.69) is 0 Å². The SMILES string of the molecule is COCc1c(F)ccc(C(C)N)c1F. The standard InChI is InChI=1S/C10H13F2NO/c1-6(13)7-3-4-9(11)8(5-14-2)10(7)12/h3-4,6H,5,13H2,1-2H3. The van der Waals surface area contributed by atoms with E-state index < -0.39 is 17.7 Å². The van der Waals surface area contributed by atoms with Gasteiger partial charge in [0.15, 0.2) is 0 Å². The lowest BCUT2D eigenvalue weighted by molar-refractivity contribution is 0.177. The Labute approximate surface area is 81.7 Å². The van der Waals surface area contributed by atoms with Crippen molar-refractivity contribution in [3.63, 3.8) is 0 Å². The van der Waals surface area contributed by atoms with Crippen LogP contribution in [-0.2, 0) is 11.3 Å². The van der Waals surface area contributed by atoms with Gasteiger partial charge in [0, 0.05) is 24.3 Å². The van der Waals surface area contributed by atoms with Gasteiger partial charge in [-0.15, -0.1) is 0 Å². The van der Waals surface area contributed by atoms with Crippen LogP contribution in [0, 0.1) is 11.6 Å². The topological polar surface area (TPSA) is 35.2 Å². The Kier molecular flexibility index (Phi) is 3.55. The Hall–Kier alpha value is -1.00. The van der Waals surface area contributed by atoms with E-state index in [9.17, 15) is 8.78 Å². The molecule has 0 aliphatic heterocycles. The van der Waals surface area contributed by atoms with Gasteiger partial charge < -0.3 is 10.5 Å². The van der Waals surface area contributed by atoms with Crippen LogP contribution in [0.1, 0.15) is 24.1 Å². The average molecular weight is 201 g/mol. The van der Waals surface area contributed by atoms with Gasteiger partial charge >= 0.3 is 0 Å². The van der Waals surface area contributed by atoms with E-state index in [0.717, 1.165) is 0 Å². The molecule has 0 radical (unpaired) electrons. The number of benzene rings is 1. The molecule has 0 amide bonds. The quantitative estimate of drug-likeness (QED) is 0.813. The summed E-state index contributed by atoms with van der Waals surface area (Å²) in [6.45, 7) is 1.56. The molecule has 14 heavy (non-hydrogen) atoms. The first-order chi connectivity index (χ1) is 6.57. The third-order valence-electron chi connectivity index (χ3n) is 2.00. The minimum Gasteiger partial charge on any atom is -0.380 e. The molecule has 78 valence electrons. The van der Waals surface area contributed by atoms with Gasteiger partial charge in [0.1, 0.15) is 11.6 Å². The number of hydrogen-bond acceptors (Lipinski definition) is 2. The molecule has 0 fully saturated rings. The minimum absolute atomic E-state index is 0.0673. The molecule has 0 aliphatic rings. The maximum absolute atomic E-state index is 13.6. The molecular weight excluding hydrogens is 188 g/mol. The summed E-state index contributed by atoms with van der Waals surface area (Å²) in [6, 6.07) is 2.11. The zero-order valence-electron chi connectivity index (χ0n) is 8.18. The first-order valence-corrected chi connectivity index (χ1v) is 4.29. The van der Waals surface area contributed by atoms with Crippen LogP contribution in [0.2, 0.25) is 0 Å². The van der Waals surface area contributed by atoms with E-state index in [1.165, 1.54) is 19.2 Å². The molecule has 2 N–H and O–H groups in total. The van der Waals surface area contributed by atoms with Gasteiger partial charge in [-0.1, -0.05) is 6.07 Å². The van der Waals surface area contributed by atoms with Crippen LogP contribution in [0.4, 0.5) is 8.78 Å². The zero-order valence-corrected chi connectivity index (χ0v) is 8.18. The molecule has 1 atom stereocenters. The van der Waals surface area contributed by atoms with Crippen molar-refractivity contribution in [2.24, 2.45) is 5.73 Å². The van der Waals surface area contributed by atoms with Gasteiger partial charge in [0.2, 0.25) is 0 Å². The fraction of sp³-hybridized carbons (Fsp3) is 0.400. The van der Waals surface area contributed by atoms with Gasteiger partial charge in [-0.05, 0) is 13.0 Å². The summed E-state index contributed by atoms with van der Waals surface area (Å²) in [5, 5.41) is 0. The molecule has 0 bridgehead atoms. The number of methoxy groups -OCH3 is 1. The van der Waals surface area contributed by atoms with Gasteiger partial charge in [0.05, 0.1) is 6.61 Å². The summed E-state index contributed by atoms with van der Waals surface area (Å²) in [5.41, 5.74) is 5.76. The summed E-state index contributed by atoms with van der Waals surface area (Å²) in [6.07, 6.45) is 0. The Balaban J connectivity index is 3.19. The van der Waals surface area contributed by atoms with E-state index >= 15 is 0 Å². The molecule has 4 heteroatoms. The smallest absolute Gasteiger partial charge is 0.136 e. The van der Waals surface area contributed by atoms with Crippen molar-refractivity contribution in [3.8, 4) is 0 Å². The third kappa shape index (κ3) is 2.08. The van der Waals surface area contributed by atoms with Crippen molar-refractivity contribution in [1.29, 1.82) is 0 Å². The van der Waals surface area contributed by atoms with Crippen molar-refractivity contribution in [1.82, 2.24) is 0 Å². The molecule has 1 unspecified atom stereocenters. The zero-order chi connectivity index (χ0) is 10.7. The summed E-state index contributed by atoms with van der Waals surface area (Å²) in [4.78, 5) is 0. The number of hydrogen-bond donors (Lipinski definition) is 1. The summed E-state index contributed by atoms with van der Waals surface area (Å²) >= 11 is 0. The van der Waals surface area contributed by atoms with Crippen molar-refractivity contribution in [3.05, 3.63) is 34.9 Å². The van der Waals surface area contributed by atoms with Crippen LogP contribution in [0.15, 0.2) is 12.1 Å². The number of halogens is 2. The second-order valence-corrected chi connectivity index (χ2v) is 3.15. The van der Waals surface area contributed by atoms with Crippen molar-refractivity contribution in [2.75, 3.05) is 7.11 Å². The number of rotatable bonds is 3. The van der Waals surface area contributed by atoms with E-state index in [4.69, 9.17) is 10.5 Å². The lowest BCUT2D eigenvalue weighted by atomic mass is 10.0. The van der Waals surface area contributed by atoms with Gasteiger partial charge in [-0.2, -0.15) is 0 Å². The lowest BCUT2D eigenvalue weighted by Crippen LogP contribution is -2.10. The first-order valence-electron chi connectivity index (χ1n) is 4.29. The molecule has 1 aromatic carbocycles. The monoisotopic (exact) mass is 201 g/mol. The van der Waals surface area contributed by atoms with E-state index in [-0.39, 0.29) is 12.2 Å². The third-order valence-corrected chi connectivity index (χ3v) is 2.00. The molecule has 0 aromatic heterocycles. The predicted octanol–water partition coefficient (Wildman–Crippen LogP) is 2.13. The fourth-order valence-corrected chi connectivity index (χ4v) is 1.24. The predicted molar refractivity (Wildman–Crippen MR) is 49.7 cm³/mol. The molecule has 0 aliphatic carbocycles. The van der Waals surface area contributed by atoms with Crippen LogP contribution < -0.4 is 5.73 Å². The van der Waals surface area contributed by atoms with Crippen LogP contribution in [0.3, 0.4) is 0 Å². The van der Waals surface area contributed by atoms with Gasteiger partial charge in [-0.25, -0.2) is 8.78 Å². The van der Waals surface area contributed by atoms with E-state index in [0.29, 0.717) is 5.56 Å². The molecule has 0 saturated carbocycles. The Bertz CT molecular complexity index is 326. The van der Waals surface area contributed by atoms with Crippen LogP contribution in [-0.4, -0.2) is 7.11 Å². The highest BCUT2D eigenvalue weighted by molar-refractivity contribution is 5.29. The highest BCUT2D eigenvalue weighted by Crippen LogP contribution is 2.21. The lowest BCUT2D eigenvalue weighted by Gasteiger charge is -2.11. The van der Waals surface area contributed by atoms with E-state index in [1.54, 1.807) is 6.92 Å². The summed E-state index contributed by atoms with van der Waals surface area (Å²) in [7, 11) is 1.39. The largest absolute Gasteiger partial charge is 0.380 e. The Morgan fingerprint density at radius 3 is 2.57 bits per heavy atom.